The number of hydrogen-bond donors (Lipinski definition) is 0. The van der Waals surface area contributed by atoms with Crippen LogP contribution in [0.25, 0.3) is 0 Å². The van der Waals surface area contributed by atoms with Crippen molar-refractivity contribution in [3.8, 4) is 5.75 Å². The van der Waals surface area contributed by atoms with Crippen LogP contribution in [-0.2, 0) is 20.1 Å². The van der Waals surface area contributed by atoms with Crippen molar-refractivity contribution in [2.45, 2.75) is 52.5 Å². The summed E-state index contributed by atoms with van der Waals surface area (Å²) in [6.07, 6.45) is 1.21. The van der Waals surface area contributed by atoms with Gasteiger partial charge in [0.1, 0.15) is 10.5 Å². The van der Waals surface area contributed by atoms with Gasteiger partial charge in [-0.15, -0.1) is 0 Å². The van der Waals surface area contributed by atoms with Gasteiger partial charge in [-0.05, 0) is 47.2 Å². The van der Waals surface area contributed by atoms with Gasteiger partial charge in [0.05, 0.1) is 19.8 Å². The zero-order valence-corrected chi connectivity index (χ0v) is 19.4. The van der Waals surface area contributed by atoms with Crippen LogP contribution in [0.3, 0.4) is 0 Å². The number of nitrogens with zero attached hydrogens (tertiary/aromatic N) is 1. The van der Waals surface area contributed by atoms with Crippen molar-refractivity contribution in [1.82, 2.24) is 4.90 Å². The number of rotatable bonds is 8. The first-order valence-electron chi connectivity index (χ1n) is 10.9. The van der Waals surface area contributed by atoms with E-state index >= 15 is 0 Å². The highest BCUT2D eigenvalue weighted by atomic mass is 32.2. The third-order valence-electron chi connectivity index (χ3n) is 5.71. The van der Waals surface area contributed by atoms with Gasteiger partial charge in [0.15, 0.2) is 0 Å². The second-order valence-corrected chi connectivity index (χ2v) is 10.5. The molecule has 2 heterocycles. The number of ether oxygens (including phenoxy) is 2. The van der Waals surface area contributed by atoms with Crippen LogP contribution in [-0.4, -0.2) is 54.6 Å². The standard InChI is InChI=1S/C20H32BNO3S.C2H6/c1-5-10-22-11-16(2)17(12-22)13-25-19-8-6-18(7-9-19)20(14-24-15-20)26(23)21(3)4;1-2/h6-9,16-17H,5,10-15H2,1-4H3;1-2H3. The van der Waals surface area contributed by atoms with Crippen molar-refractivity contribution < 1.29 is 13.7 Å². The second kappa shape index (κ2) is 10.8. The molecule has 158 valence electrons. The van der Waals surface area contributed by atoms with Gasteiger partial charge in [-0.25, -0.2) is 0 Å². The molecule has 2 saturated heterocycles. The lowest BCUT2D eigenvalue weighted by Gasteiger charge is -2.42. The lowest BCUT2D eigenvalue weighted by atomic mass is 9.84. The average Bonchev–Trinajstić information content (AvgIpc) is 3.01. The van der Waals surface area contributed by atoms with E-state index in [4.69, 9.17) is 9.47 Å². The lowest BCUT2D eigenvalue weighted by molar-refractivity contribution is -0.0127. The molecule has 0 amide bonds. The summed E-state index contributed by atoms with van der Waals surface area (Å²) in [6.45, 7) is 18.0. The molecule has 3 atom stereocenters. The van der Waals surface area contributed by atoms with Gasteiger partial charge in [0.2, 0.25) is 5.99 Å². The highest BCUT2D eigenvalue weighted by molar-refractivity contribution is 8.13. The summed E-state index contributed by atoms with van der Waals surface area (Å²) in [4.78, 5) is 2.55. The van der Waals surface area contributed by atoms with E-state index in [0.717, 1.165) is 24.5 Å². The molecule has 2 aliphatic heterocycles. The number of likely N-dealkylation sites (tertiary alicyclic amines) is 1. The van der Waals surface area contributed by atoms with Crippen LogP contribution in [0.1, 0.15) is 39.7 Å². The van der Waals surface area contributed by atoms with E-state index in [2.05, 4.69) is 30.9 Å². The van der Waals surface area contributed by atoms with Crippen molar-refractivity contribution >= 4 is 16.6 Å². The van der Waals surface area contributed by atoms with E-state index in [1.807, 2.05) is 39.6 Å². The molecule has 0 spiro atoms. The summed E-state index contributed by atoms with van der Waals surface area (Å²) in [6, 6.07) is 8.19. The van der Waals surface area contributed by atoms with Crippen LogP contribution in [0.4, 0.5) is 0 Å². The molecule has 1 aromatic rings. The normalized spacial score (nSPS) is 24.6. The predicted molar refractivity (Wildman–Crippen MR) is 121 cm³/mol. The fraction of sp³-hybridized carbons (Fsp3) is 0.727. The third kappa shape index (κ3) is 5.19. The van der Waals surface area contributed by atoms with Crippen LogP contribution >= 0.6 is 0 Å². The molecule has 6 heteroatoms. The molecule has 28 heavy (non-hydrogen) atoms. The van der Waals surface area contributed by atoms with E-state index in [-0.39, 0.29) is 10.7 Å². The van der Waals surface area contributed by atoms with Crippen molar-refractivity contribution in [3.05, 3.63) is 29.8 Å². The van der Waals surface area contributed by atoms with Crippen molar-refractivity contribution in [3.63, 3.8) is 0 Å². The minimum atomic E-state index is -0.934. The SMILES string of the molecule is CC.CCCN1CC(C)C(COc2ccc(C3(S(=O)B(C)C)COC3)cc2)C1. The Bertz CT molecular complexity index is 619. The van der Waals surface area contributed by atoms with E-state index in [0.29, 0.717) is 25.0 Å². The molecule has 0 saturated carbocycles. The summed E-state index contributed by atoms with van der Waals surface area (Å²) in [7, 11) is -0.934. The highest BCUT2D eigenvalue weighted by Gasteiger charge is 2.47. The van der Waals surface area contributed by atoms with Crippen LogP contribution in [0.5, 0.6) is 5.75 Å². The van der Waals surface area contributed by atoms with Gasteiger partial charge in [0.25, 0.3) is 0 Å². The van der Waals surface area contributed by atoms with Crippen molar-refractivity contribution in [1.29, 1.82) is 0 Å². The molecule has 2 fully saturated rings. The Balaban J connectivity index is 0.00000136. The van der Waals surface area contributed by atoms with Crippen molar-refractivity contribution in [2.75, 3.05) is 39.5 Å². The Kier molecular flexibility index (Phi) is 9.03. The summed E-state index contributed by atoms with van der Waals surface area (Å²) in [5, 5.41) is 0. The molecule has 4 nitrogen and oxygen atoms in total. The zero-order valence-electron chi connectivity index (χ0n) is 18.6. The molecule has 0 bridgehead atoms. The van der Waals surface area contributed by atoms with Crippen molar-refractivity contribution in [2.24, 2.45) is 11.8 Å². The van der Waals surface area contributed by atoms with E-state index < -0.39 is 10.7 Å². The summed E-state index contributed by atoms with van der Waals surface area (Å²) < 4.78 is 23.9. The molecule has 3 rings (SSSR count). The Morgan fingerprint density at radius 3 is 2.36 bits per heavy atom. The van der Waals surface area contributed by atoms with Crippen LogP contribution in [0, 0.1) is 11.8 Å². The molecule has 0 aliphatic carbocycles. The van der Waals surface area contributed by atoms with E-state index in [1.54, 1.807) is 0 Å². The number of benzene rings is 1. The van der Waals surface area contributed by atoms with E-state index in [9.17, 15) is 4.21 Å². The highest BCUT2D eigenvalue weighted by Crippen LogP contribution is 2.37. The average molecular weight is 407 g/mol. The minimum absolute atomic E-state index is 0.129. The Labute approximate surface area is 174 Å². The minimum Gasteiger partial charge on any atom is -0.493 e. The van der Waals surface area contributed by atoms with Gasteiger partial charge >= 0.3 is 0 Å². The summed E-state index contributed by atoms with van der Waals surface area (Å²) in [5.41, 5.74) is 1.10. The first kappa shape index (κ1) is 23.4. The first-order chi connectivity index (χ1) is 13.5. The van der Waals surface area contributed by atoms with Crippen LogP contribution in [0.2, 0.25) is 13.6 Å². The number of hydrogen-bond acceptors (Lipinski definition) is 4. The molecule has 3 unspecified atom stereocenters. The Morgan fingerprint density at radius 2 is 1.86 bits per heavy atom. The smallest absolute Gasteiger partial charge is 0.247 e. The topological polar surface area (TPSA) is 38.8 Å². The maximum Gasteiger partial charge on any atom is 0.247 e. The third-order valence-corrected chi connectivity index (χ3v) is 7.81. The molecular weight excluding hydrogens is 369 g/mol. The van der Waals surface area contributed by atoms with Gasteiger partial charge < -0.3 is 14.4 Å². The molecule has 0 radical (unpaired) electrons. The molecule has 1 aromatic carbocycles. The van der Waals surface area contributed by atoms with Gasteiger partial charge in [-0.2, -0.15) is 0 Å². The quantitative estimate of drug-likeness (QED) is 0.603. The monoisotopic (exact) mass is 407 g/mol. The maximum absolute atomic E-state index is 12.7. The van der Waals surface area contributed by atoms with Gasteiger partial charge in [0, 0.05) is 19.0 Å². The van der Waals surface area contributed by atoms with E-state index in [1.165, 1.54) is 19.5 Å². The van der Waals surface area contributed by atoms with Crippen LogP contribution in [0.15, 0.2) is 24.3 Å². The predicted octanol–water partition coefficient (Wildman–Crippen LogP) is 4.29. The molecule has 2 aliphatic rings. The van der Waals surface area contributed by atoms with Gasteiger partial charge in [-0.3, -0.25) is 4.21 Å². The molecular formula is C22H38BNO3S. The van der Waals surface area contributed by atoms with Crippen LogP contribution < -0.4 is 4.74 Å². The zero-order chi connectivity index (χ0) is 20.7. The second-order valence-electron chi connectivity index (χ2n) is 8.17. The summed E-state index contributed by atoms with van der Waals surface area (Å²) in [5.74, 6) is 2.32. The Hall–Kier alpha value is -0.845. The van der Waals surface area contributed by atoms with Gasteiger partial charge in [-0.1, -0.05) is 53.5 Å². The summed E-state index contributed by atoms with van der Waals surface area (Å²) >= 11 is 0. The largest absolute Gasteiger partial charge is 0.493 e. The lowest BCUT2D eigenvalue weighted by Crippen LogP contribution is -2.53. The maximum atomic E-state index is 12.7. The first-order valence-corrected chi connectivity index (χ1v) is 12.1. The fourth-order valence-electron chi connectivity index (χ4n) is 4.05. The molecule has 0 N–H and O–H groups in total. The fourth-order valence-corrected chi connectivity index (χ4v) is 5.72. The Morgan fingerprint density at radius 1 is 1.21 bits per heavy atom. The molecule has 0 aromatic heterocycles.